The van der Waals surface area contributed by atoms with Crippen LogP contribution in [0.1, 0.15) is 18.4 Å². The molecule has 1 saturated heterocycles. The summed E-state index contributed by atoms with van der Waals surface area (Å²) >= 11 is 2.05. The summed E-state index contributed by atoms with van der Waals surface area (Å²) in [4.78, 5) is 4.07. The zero-order valence-electron chi connectivity index (χ0n) is 12.9. The second-order valence-electron chi connectivity index (χ2n) is 6.10. The molecule has 2 unspecified atom stereocenters. The van der Waals surface area contributed by atoms with Gasteiger partial charge in [0.15, 0.2) is 0 Å². The quantitative estimate of drug-likeness (QED) is 0.836. The number of thioether (sulfide) groups is 1. The highest BCUT2D eigenvalue weighted by molar-refractivity contribution is 8.00. The average Bonchev–Trinajstić information content (AvgIpc) is 3.13. The SMILES string of the molecule is COCCN(CC1CCCN1)CC1Cc2ccccc2S1. The Bertz CT molecular complexity index is 423. The Morgan fingerprint density at radius 2 is 2.24 bits per heavy atom. The van der Waals surface area contributed by atoms with E-state index in [1.165, 1.54) is 42.8 Å². The van der Waals surface area contributed by atoms with Crippen LogP contribution in [0.3, 0.4) is 0 Å². The van der Waals surface area contributed by atoms with Gasteiger partial charge >= 0.3 is 0 Å². The third-order valence-corrected chi connectivity index (χ3v) is 5.73. The molecule has 116 valence electrons. The van der Waals surface area contributed by atoms with Crippen LogP contribution in [0, 0.1) is 0 Å². The standard InChI is InChI=1S/C17H26N2OS/c1-20-10-9-19(12-15-6-4-8-18-15)13-16-11-14-5-2-3-7-17(14)21-16/h2-3,5,7,15-16,18H,4,6,8-13H2,1H3. The van der Waals surface area contributed by atoms with Crippen molar-refractivity contribution in [1.82, 2.24) is 10.2 Å². The van der Waals surface area contributed by atoms with E-state index < -0.39 is 0 Å². The lowest BCUT2D eigenvalue weighted by Gasteiger charge is -2.27. The Labute approximate surface area is 132 Å². The van der Waals surface area contributed by atoms with Gasteiger partial charge in [-0.2, -0.15) is 0 Å². The predicted molar refractivity (Wildman–Crippen MR) is 89.1 cm³/mol. The van der Waals surface area contributed by atoms with Gasteiger partial charge in [-0.25, -0.2) is 0 Å². The molecule has 3 nitrogen and oxygen atoms in total. The van der Waals surface area contributed by atoms with Crippen molar-refractivity contribution < 1.29 is 4.74 Å². The van der Waals surface area contributed by atoms with Crippen LogP contribution in [-0.4, -0.2) is 56.1 Å². The highest BCUT2D eigenvalue weighted by Gasteiger charge is 2.25. The number of methoxy groups -OCH3 is 1. The van der Waals surface area contributed by atoms with Crippen molar-refractivity contribution in [3.05, 3.63) is 29.8 Å². The van der Waals surface area contributed by atoms with Gasteiger partial charge in [-0.3, -0.25) is 4.90 Å². The summed E-state index contributed by atoms with van der Waals surface area (Å²) in [5.74, 6) is 0. The monoisotopic (exact) mass is 306 g/mol. The molecule has 0 spiro atoms. The highest BCUT2D eigenvalue weighted by Crippen LogP contribution is 2.37. The fourth-order valence-electron chi connectivity index (χ4n) is 3.35. The van der Waals surface area contributed by atoms with Crippen molar-refractivity contribution in [1.29, 1.82) is 0 Å². The zero-order valence-corrected chi connectivity index (χ0v) is 13.7. The van der Waals surface area contributed by atoms with Gasteiger partial charge in [0.2, 0.25) is 0 Å². The van der Waals surface area contributed by atoms with Gasteiger partial charge < -0.3 is 10.1 Å². The molecule has 2 heterocycles. The Morgan fingerprint density at radius 3 is 3.00 bits per heavy atom. The predicted octanol–water partition coefficient (Wildman–Crippen LogP) is 2.40. The van der Waals surface area contributed by atoms with Gasteiger partial charge in [0, 0.05) is 42.9 Å². The summed E-state index contributed by atoms with van der Waals surface area (Å²) in [7, 11) is 1.80. The molecule has 2 aliphatic rings. The number of nitrogens with one attached hydrogen (secondary N) is 1. The number of nitrogens with zero attached hydrogens (tertiary/aromatic N) is 1. The van der Waals surface area contributed by atoms with Gasteiger partial charge in [0.1, 0.15) is 0 Å². The first-order valence-corrected chi connectivity index (χ1v) is 8.92. The summed E-state index contributed by atoms with van der Waals surface area (Å²) in [6, 6.07) is 9.53. The fourth-order valence-corrected chi connectivity index (χ4v) is 4.71. The van der Waals surface area contributed by atoms with Crippen LogP contribution in [-0.2, 0) is 11.2 Å². The maximum atomic E-state index is 5.29. The number of benzene rings is 1. The van der Waals surface area contributed by atoms with E-state index in [-0.39, 0.29) is 0 Å². The molecular formula is C17H26N2OS. The topological polar surface area (TPSA) is 24.5 Å². The Kier molecular flexibility index (Phi) is 5.58. The lowest BCUT2D eigenvalue weighted by Crippen LogP contribution is -2.42. The first kappa shape index (κ1) is 15.3. The molecule has 0 aromatic heterocycles. The second-order valence-corrected chi connectivity index (χ2v) is 7.44. The van der Waals surface area contributed by atoms with Crippen molar-refractivity contribution in [3.8, 4) is 0 Å². The van der Waals surface area contributed by atoms with Gasteiger partial charge in [0.25, 0.3) is 0 Å². The molecule has 3 rings (SSSR count). The smallest absolute Gasteiger partial charge is 0.0589 e. The van der Waals surface area contributed by atoms with Crippen molar-refractivity contribution >= 4 is 11.8 Å². The van der Waals surface area contributed by atoms with Crippen LogP contribution >= 0.6 is 11.8 Å². The van der Waals surface area contributed by atoms with Crippen LogP contribution < -0.4 is 5.32 Å². The average molecular weight is 306 g/mol. The maximum absolute atomic E-state index is 5.29. The number of ether oxygens (including phenoxy) is 1. The highest BCUT2D eigenvalue weighted by atomic mass is 32.2. The molecule has 2 aliphatic heterocycles. The number of rotatable bonds is 7. The van der Waals surface area contributed by atoms with E-state index >= 15 is 0 Å². The van der Waals surface area contributed by atoms with Crippen molar-refractivity contribution in [2.24, 2.45) is 0 Å². The van der Waals surface area contributed by atoms with E-state index in [2.05, 4.69) is 46.2 Å². The molecule has 0 bridgehead atoms. The second kappa shape index (κ2) is 7.63. The minimum atomic E-state index is 0.677. The van der Waals surface area contributed by atoms with Crippen LogP contribution in [0.5, 0.6) is 0 Å². The molecule has 0 saturated carbocycles. The summed E-state index contributed by atoms with van der Waals surface area (Å²) in [6.45, 7) is 5.39. The molecule has 1 fully saturated rings. The molecule has 0 amide bonds. The first-order chi connectivity index (χ1) is 10.3. The number of hydrogen-bond acceptors (Lipinski definition) is 4. The first-order valence-electron chi connectivity index (χ1n) is 8.04. The van der Waals surface area contributed by atoms with Crippen molar-refractivity contribution in [2.75, 3.05) is 39.9 Å². The normalized spacial score (nSPS) is 24.7. The third-order valence-electron chi connectivity index (χ3n) is 4.43. The molecule has 2 atom stereocenters. The van der Waals surface area contributed by atoms with E-state index in [0.717, 1.165) is 19.7 Å². The zero-order chi connectivity index (χ0) is 14.5. The maximum Gasteiger partial charge on any atom is 0.0589 e. The summed E-state index contributed by atoms with van der Waals surface area (Å²) in [5, 5.41) is 4.31. The molecule has 4 heteroatoms. The molecule has 1 aromatic carbocycles. The van der Waals surface area contributed by atoms with Crippen molar-refractivity contribution in [2.45, 2.75) is 35.4 Å². The van der Waals surface area contributed by atoms with E-state index in [0.29, 0.717) is 11.3 Å². The number of hydrogen-bond donors (Lipinski definition) is 1. The van der Waals surface area contributed by atoms with Gasteiger partial charge in [-0.1, -0.05) is 18.2 Å². The van der Waals surface area contributed by atoms with Crippen LogP contribution in [0.25, 0.3) is 0 Å². The van der Waals surface area contributed by atoms with Gasteiger partial charge in [-0.15, -0.1) is 11.8 Å². The lowest BCUT2D eigenvalue weighted by atomic mass is 10.1. The summed E-state index contributed by atoms with van der Waals surface area (Å²) in [5.41, 5.74) is 1.53. The molecule has 1 aromatic rings. The number of fused-ring (bicyclic) bond motifs is 1. The minimum Gasteiger partial charge on any atom is -0.383 e. The van der Waals surface area contributed by atoms with E-state index in [1.54, 1.807) is 7.11 Å². The van der Waals surface area contributed by atoms with Crippen molar-refractivity contribution in [3.63, 3.8) is 0 Å². The van der Waals surface area contributed by atoms with E-state index in [1.807, 2.05) is 0 Å². The molecular weight excluding hydrogens is 280 g/mol. The largest absolute Gasteiger partial charge is 0.383 e. The van der Waals surface area contributed by atoms with E-state index in [9.17, 15) is 0 Å². The molecule has 1 N–H and O–H groups in total. The Morgan fingerprint density at radius 1 is 1.33 bits per heavy atom. The Balaban J connectivity index is 1.54. The molecule has 0 radical (unpaired) electrons. The Hall–Kier alpha value is -0.550. The van der Waals surface area contributed by atoms with Crippen LogP contribution in [0.4, 0.5) is 0 Å². The van der Waals surface area contributed by atoms with E-state index in [4.69, 9.17) is 4.74 Å². The van der Waals surface area contributed by atoms with Gasteiger partial charge in [-0.05, 0) is 37.4 Å². The molecule has 0 aliphatic carbocycles. The summed E-state index contributed by atoms with van der Waals surface area (Å²) in [6.07, 6.45) is 3.86. The van der Waals surface area contributed by atoms with Gasteiger partial charge in [0.05, 0.1) is 6.61 Å². The fraction of sp³-hybridized carbons (Fsp3) is 0.647. The van der Waals surface area contributed by atoms with Crippen LogP contribution in [0.15, 0.2) is 29.2 Å². The minimum absolute atomic E-state index is 0.677. The summed E-state index contributed by atoms with van der Waals surface area (Å²) < 4.78 is 5.29. The lowest BCUT2D eigenvalue weighted by molar-refractivity contribution is 0.142. The molecule has 21 heavy (non-hydrogen) atoms. The van der Waals surface area contributed by atoms with Crippen LogP contribution in [0.2, 0.25) is 0 Å². The third kappa shape index (κ3) is 4.22.